The summed E-state index contributed by atoms with van der Waals surface area (Å²) in [4.78, 5) is 0. The first kappa shape index (κ1) is 27.5. The van der Waals surface area contributed by atoms with Crippen molar-refractivity contribution in [1.82, 2.24) is 10.2 Å². The second kappa shape index (κ2) is 10.9. The van der Waals surface area contributed by atoms with Gasteiger partial charge in [0.05, 0.1) is 23.7 Å². The Balaban J connectivity index is 1.27. The number of aromatic nitrogens is 2. The van der Waals surface area contributed by atoms with Crippen molar-refractivity contribution in [3.05, 3.63) is 59.4 Å². The molecule has 0 saturated heterocycles. The zero-order valence-corrected chi connectivity index (χ0v) is 23.4. The van der Waals surface area contributed by atoms with Gasteiger partial charge in [-0.3, -0.25) is 0 Å². The zero-order valence-electron chi connectivity index (χ0n) is 23.4. The van der Waals surface area contributed by atoms with Crippen LogP contribution in [-0.4, -0.2) is 43.8 Å². The molecule has 1 aromatic rings. The molecular weight excluding hydrogens is 476 g/mol. The Labute approximate surface area is 227 Å². The number of rotatable bonds is 8. The summed E-state index contributed by atoms with van der Waals surface area (Å²) in [5, 5.41) is 39.9. The zero-order chi connectivity index (χ0) is 27.1. The van der Waals surface area contributed by atoms with Gasteiger partial charge in [-0.15, -0.1) is 10.2 Å². The van der Waals surface area contributed by atoms with E-state index in [2.05, 4.69) is 55.8 Å². The smallest absolute Gasteiger partial charge is 0.225 e. The van der Waals surface area contributed by atoms with Crippen molar-refractivity contribution >= 4 is 0 Å². The number of aryl methyl sites for hydroxylation is 1. The molecule has 4 aliphatic rings. The first-order valence-corrected chi connectivity index (χ1v) is 14.8. The summed E-state index contributed by atoms with van der Waals surface area (Å²) in [5.74, 6) is 2.75. The minimum Gasteiger partial charge on any atom is -0.425 e. The maximum Gasteiger partial charge on any atom is 0.225 e. The van der Waals surface area contributed by atoms with Crippen molar-refractivity contribution in [3.63, 3.8) is 0 Å². The first-order valence-electron chi connectivity index (χ1n) is 14.8. The summed E-state index contributed by atoms with van der Waals surface area (Å²) < 4.78 is 5.90. The quantitative estimate of drug-likeness (QED) is 0.376. The summed E-state index contributed by atoms with van der Waals surface area (Å²) in [6.45, 7) is 10.9. The van der Waals surface area contributed by atoms with Crippen LogP contribution in [0.15, 0.2) is 52.0 Å². The standard InChI is InChI=1S/C32H46N2O4/c1-5-7-29-33-34-30(38-29)32(16-17-32)28(37)14-9-20(2)25-12-13-26-22(8-6-15-31(25,26)4)10-11-23-18-24(35)19-27(36)21(23)3/h9-11,14,20,24-28,35-37H,3,5-8,12-13,15-19H2,1-2,4H3/b14-9+,22-10+,23-11-/t20-,24-,25-,26+,27?,28+,31-/m1/s1. The van der Waals surface area contributed by atoms with Crippen LogP contribution in [0.2, 0.25) is 0 Å². The van der Waals surface area contributed by atoms with E-state index in [-0.39, 0.29) is 5.41 Å². The first-order chi connectivity index (χ1) is 18.2. The molecule has 0 aromatic carbocycles. The number of aliphatic hydroxyl groups is 3. The normalized spacial score (nSPS) is 36.6. The average Bonchev–Trinajstić information content (AvgIpc) is 3.42. The Morgan fingerprint density at radius 1 is 1.13 bits per heavy atom. The SMILES string of the molecule is C=C1/C(=C\C=C2/CCC[C@]3(C)[C@@H]([C@H](C)/C=C/[C@H](O)C4(c5nnc(CCC)o5)CC4)CC[C@@H]23)C[C@@H](O)CC1O. The third kappa shape index (κ3) is 5.12. The lowest BCUT2D eigenvalue weighted by molar-refractivity contribution is 0.0862. The fourth-order valence-corrected chi connectivity index (χ4v) is 7.75. The third-order valence-electron chi connectivity index (χ3n) is 10.2. The van der Waals surface area contributed by atoms with Gasteiger partial charge in [-0.1, -0.05) is 57.2 Å². The van der Waals surface area contributed by atoms with Crippen LogP contribution >= 0.6 is 0 Å². The molecule has 7 atom stereocenters. The molecule has 4 aliphatic carbocycles. The third-order valence-corrected chi connectivity index (χ3v) is 10.2. The number of hydrogen-bond donors (Lipinski definition) is 3. The van der Waals surface area contributed by atoms with Crippen LogP contribution in [0.5, 0.6) is 0 Å². The topological polar surface area (TPSA) is 99.6 Å². The molecule has 0 amide bonds. The number of fused-ring (bicyclic) bond motifs is 1. The summed E-state index contributed by atoms with van der Waals surface area (Å²) >= 11 is 0. The van der Waals surface area contributed by atoms with Gasteiger partial charge >= 0.3 is 0 Å². The largest absolute Gasteiger partial charge is 0.425 e. The predicted molar refractivity (Wildman–Crippen MR) is 148 cm³/mol. The van der Waals surface area contributed by atoms with Crippen molar-refractivity contribution in [2.24, 2.45) is 23.2 Å². The van der Waals surface area contributed by atoms with Gasteiger partial charge in [0, 0.05) is 12.8 Å². The monoisotopic (exact) mass is 522 g/mol. The molecule has 6 heteroatoms. The lowest BCUT2D eigenvalue weighted by Gasteiger charge is -2.44. The van der Waals surface area contributed by atoms with Crippen LogP contribution in [0.3, 0.4) is 0 Å². The van der Waals surface area contributed by atoms with E-state index in [1.807, 2.05) is 6.08 Å². The van der Waals surface area contributed by atoms with E-state index in [1.54, 1.807) is 0 Å². The fourth-order valence-electron chi connectivity index (χ4n) is 7.75. The Kier molecular flexibility index (Phi) is 7.87. The van der Waals surface area contributed by atoms with Crippen molar-refractivity contribution in [3.8, 4) is 0 Å². The van der Waals surface area contributed by atoms with Crippen LogP contribution in [0.25, 0.3) is 0 Å². The molecule has 3 N–H and O–H groups in total. The van der Waals surface area contributed by atoms with Gasteiger partial charge in [0.25, 0.3) is 0 Å². The average molecular weight is 523 g/mol. The molecule has 0 aliphatic heterocycles. The summed E-state index contributed by atoms with van der Waals surface area (Å²) in [5.41, 5.74) is 3.06. The van der Waals surface area contributed by atoms with Crippen molar-refractivity contribution in [2.75, 3.05) is 0 Å². The van der Waals surface area contributed by atoms with Crippen molar-refractivity contribution in [2.45, 2.75) is 115 Å². The summed E-state index contributed by atoms with van der Waals surface area (Å²) in [6.07, 6.45) is 17.2. The molecule has 0 bridgehead atoms. The van der Waals surface area contributed by atoms with Crippen molar-refractivity contribution in [1.29, 1.82) is 0 Å². The number of allylic oxidation sites excluding steroid dienone is 4. The second-order valence-electron chi connectivity index (χ2n) is 12.8. The summed E-state index contributed by atoms with van der Waals surface area (Å²) in [7, 11) is 0. The van der Waals surface area contributed by atoms with Gasteiger partial charge in [-0.05, 0) is 92.1 Å². The molecule has 1 heterocycles. The molecule has 4 saturated carbocycles. The number of hydrogen-bond acceptors (Lipinski definition) is 6. The minimum absolute atomic E-state index is 0.235. The van der Waals surface area contributed by atoms with Crippen LogP contribution in [0.1, 0.15) is 96.8 Å². The van der Waals surface area contributed by atoms with Crippen LogP contribution in [-0.2, 0) is 11.8 Å². The van der Waals surface area contributed by atoms with Gasteiger partial charge in [0.1, 0.15) is 0 Å². The van der Waals surface area contributed by atoms with Crippen LogP contribution < -0.4 is 0 Å². The number of aliphatic hydroxyl groups excluding tert-OH is 3. The lowest BCUT2D eigenvalue weighted by Crippen LogP contribution is -2.35. The van der Waals surface area contributed by atoms with Gasteiger partial charge in [-0.2, -0.15) is 0 Å². The van der Waals surface area contributed by atoms with Gasteiger partial charge in [0.15, 0.2) is 0 Å². The van der Waals surface area contributed by atoms with E-state index < -0.39 is 23.7 Å². The molecular formula is C32H46N2O4. The molecule has 0 radical (unpaired) electrons. The maximum absolute atomic E-state index is 11.1. The molecule has 1 aromatic heterocycles. The Morgan fingerprint density at radius 3 is 2.66 bits per heavy atom. The Morgan fingerprint density at radius 2 is 1.92 bits per heavy atom. The van der Waals surface area contributed by atoms with E-state index >= 15 is 0 Å². The molecule has 5 rings (SSSR count). The molecule has 4 fully saturated rings. The fraction of sp³-hybridized carbons (Fsp3) is 0.688. The minimum atomic E-state index is -0.646. The molecule has 208 valence electrons. The summed E-state index contributed by atoms with van der Waals surface area (Å²) in [6, 6.07) is 0. The van der Waals surface area contributed by atoms with E-state index in [9.17, 15) is 15.3 Å². The molecule has 38 heavy (non-hydrogen) atoms. The van der Waals surface area contributed by atoms with Gasteiger partial charge in [-0.25, -0.2) is 0 Å². The number of nitrogens with zero attached hydrogens (tertiary/aromatic N) is 2. The highest BCUT2D eigenvalue weighted by Crippen LogP contribution is 2.60. The Hall–Kier alpha value is -2.02. The van der Waals surface area contributed by atoms with Crippen LogP contribution in [0.4, 0.5) is 0 Å². The molecule has 0 spiro atoms. The van der Waals surface area contributed by atoms with E-state index in [0.717, 1.165) is 43.3 Å². The van der Waals surface area contributed by atoms with E-state index in [4.69, 9.17) is 4.42 Å². The second-order valence-corrected chi connectivity index (χ2v) is 12.8. The van der Waals surface area contributed by atoms with Gasteiger partial charge < -0.3 is 19.7 Å². The van der Waals surface area contributed by atoms with Crippen molar-refractivity contribution < 1.29 is 19.7 Å². The Bertz CT molecular complexity index is 1110. The highest BCUT2D eigenvalue weighted by molar-refractivity contribution is 5.38. The van der Waals surface area contributed by atoms with E-state index in [1.165, 1.54) is 31.3 Å². The van der Waals surface area contributed by atoms with E-state index in [0.29, 0.717) is 42.4 Å². The highest BCUT2D eigenvalue weighted by Gasteiger charge is 2.54. The maximum atomic E-state index is 11.1. The molecule has 6 nitrogen and oxygen atoms in total. The van der Waals surface area contributed by atoms with Gasteiger partial charge in [0.2, 0.25) is 11.8 Å². The lowest BCUT2D eigenvalue weighted by atomic mass is 9.61. The predicted octanol–water partition coefficient (Wildman–Crippen LogP) is 5.75. The molecule has 1 unspecified atom stereocenters. The highest BCUT2D eigenvalue weighted by atomic mass is 16.4. The van der Waals surface area contributed by atoms with Crippen LogP contribution in [0, 0.1) is 23.2 Å².